The molecule has 3 N–H and O–H groups in total. The second-order valence-electron chi connectivity index (χ2n) is 5.30. The number of rotatable bonds is 3. The van der Waals surface area contributed by atoms with E-state index in [1.54, 1.807) is 7.11 Å². The van der Waals surface area contributed by atoms with E-state index in [4.69, 9.17) is 10.5 Å². The van der Waals surface area contributed by atoms with Crippen LogP contribution in [-0.2, 0) is 6.54 Å². The van der Waals surface area contributed by atoms with Crippen LogP contribution >= 0.6 is 0 Å². The number of methoxy groups -OCH3 is 1. The molecule has 2 amide bonds. The van der Waals surface area contributed by atoms with Gasteiger partial charge in [0.05, 0.1) is 12.8 Å². The van der Waals surface area contributed by atoms with Crippen molar-refractivity contribution < 1.29 is 9.53 Å². The normalized spacial score (nSPS) is 16.1. The summed E-state index contributed by atoms with van der Waals surface area (Å²) in [6.07, 6.45) is 2.12. The van der Waals surface area contributed by atoms with Gasteiger partial charge in [-0.05, 0) is 30.4 Å². The third-order valence-electron chi connectivity index (χ3n) is 3.86. The summed E-state index contributed by atoms with van der Waals surface area (Å²) < 4.78 is 5.30. The van der Waals surface area contributed by atoms with E-state index in [0.29, 0.717) is 23.9 Å². The highest BCUT2D eigenvalue weighted by Gasteiger charge is 2.21. The molecule has 20 heavy (non-hydrogen) atoms. The Bertz CT molecular complexity index is 446. The number of nitrogens with two attached hydrogens (primary N) is 1. The number of nitrogens with zero attached hydrogens (tertiary/aromatic N) is 1. The minimum absolute atomic E-state index is 0.0731. The van der Waals surface area contributed by atoms with Gasteiger partial charge >= 0.3 is 6.03 Å². The number of carbonyl (C=O) groups excluding carboxylic acids is 1. The Morgan fingerprint density at radius 2 is 2.15 bits per heavy atom. The minimum Gasteiger partial charge on any atom is -0.495 e. The fourth-order valence-electron chi connectivity index (χ4n) is 2.46. The zero-order chi connectivity index (χ0) is 14.5. The van der Waals surface area contributed by atoms with Crippen LogP contribution in [0.5, 0.6) is 5.75 Å². The quantitative estimate of drug-likeness (QED) is 0.891. The Kier molecular flexibility index (Phi) is 4.84. The Balaban J connectivity index is 2.11. The van der Waals surface area contributed by atoms with Gasteiger partial charge in [0, 0.05) is 19.6 Å². The molecule has 5 heteroatoms. The maximum absolute atomic E-state index is 12.3. The van der Waals surface area contributed by atoms with Crippen molar-refractivity contribution in [3.63, 3.8) is 0 Å². The van der Waals surface area contributed by atoms with Gasteiger partial charge in [0.1, 0.15) is 5.75 Å². The SMILES string of the molecule is COc1cccc(CN)c1NC(=O)N1CCC(C)CC1. The van der Waals surface area contributed by atoms with Crippen LogP contribution in [0.2, 0.25) is 0 Å². The number of likely N-dealkylation sites (tertiary alicyclic amines) is 1. The molecule has 0 spiro atoms. The van der Waals surface area contributed by atoms with E-state index in [0.717, 1.165) is 31.5 Å². The third kappa shape index (κ3) is 3.22. The summed E-state index contributed by atoms with van der Waals surface area (Å²) in [6, 6.07) is 5.53. The number of piperidine rings is 1. The molecule has 1 aromatic rings. The van der Waals surface area contributed by atoms with Crippen molar-refractivity contribution in [1.29, 1.82) is 0 Å². The van der Waals surface area contributed by atoms with Gasteiger partial charge in [-0.15, -0.1) is 0 Å². The highest BCUT2D eigenvalue weighted by molar-refractivity contribution is 5.92. The van der Waals surface area contributed by atoms with Gasteiger partial charge in [-0.2, -0.15) is 0 Å². The smallest absolute Gasteiger partial charge is 0.321 e. The van der Waals surface area contributed by atoms with Gasteiger partial charge in [0.2, 0.25) is 0 Å². The Morgan fingerprint density at radius 1 is 1.45 bits per heavy atom. The topological polar surface area (TPSA) is 67.6 Å². The lowest BCUT2D eigenvalue weighted by Gasteiger charge is -2.30. The maximum atomic E-state index is 12.3. The van der Waals surface area contributed by atoms with E-state index >= 15 is 0 Å². The monoisotopic (exact) mass is 277 g/mol. The summed E-state index contributed by atoms with van der Waals surface area (Å²) in [6.45, 7) is 4.20. The summed E-state index contributed by atoms with van der Waals surface area (Å²) in [4.78, 5) is 14.2. The van der Waals surface area contributed by atoms with E-state index < -0.39 is 0 Å². The molecule has 0 bridgehead atoms. The maximum Gasteiger partial charge on any atom is 0.321 e. The molecule has 1 aromatic carbocycles. The number of hydrogen-bond acceptors (Lipinski definition) is 3. The summed E-state index contributed by atoms with van der Waals surface area (Å²) in [7, 11) is 1.59. The van der Waals surface area contributed by atoms with Crippen LogP contribution in [0.25, 0.3) is 0 Å². The van der Waals surface area contributed by atoms with Crippen LogP contribution < -0.4 is 15.8 Å². The number of hydrogen-bond donors (Lipinski definition) is 2. The molecule has 2 rings (SSSR count). The molecule has 1 fully saturated rings. The molecular weight excluding hydrogens is 254 g/mol. The lowest BCUT2D eigenvalue weighted by molar-refractivity contribution is 0.186. The molecule has 0 aromatic heterocycles. The zero-order valence-electron chi connectivity index (χ0n) is 12.2. The summed E-state index contributed by atoms with van der Waals surface area (Å²) in [5, 5.41) is 2.95. The summed E-state index contributed by atoms with van der Waals surface area (Å²) in [5.41, 5.74) is 7.29. The van der Waals surface area contributed by atoms with Gasteiger partial charge < -0.3 is 20.7 Å². The predicted octanol–water partition coefficient (Wildman–Crippen LogP) is 2.42. The molecule has 1 aliphatic heterocycles. The Hall–Kier alpha value is -1.75. The standard InChI is InChI=1S/C15H23N3O2/c1-11-6-8-18(9-7-11)15(19)17-14-12(10-16)4-3-5-13(14)20-2/h3-5,11H,6-10,16H2,1-2H3,(H,17,19). The summed E-state index contributed by atoms with van der Waals surface area (Å²) >= 11 is 0. The van der Waals surface area contributed by atoms with E-state index in [-0.39, 0.29) is 6.03 Å². The highest BCUT2D eigenvalue weighted by atomic mass is 16.5. The van der Waals surface area contributed by atoms with Crippen molar-refractivity contribution in [2.75, 3.05) is 25.5 Å². The largest absolute Gasteiger partial charge is 0.495 e. The second kappa shape index (κ2) is 6.61. The number of nitrogens with one attached hydrogen (secondary N) is 1. The van der Waals surface area contributed by atoms with Crippen molar-refractivity contribution >= 4 is 11.7 Å². The van der Waals surface area contributed by atoms with E-state index in [1.165, 1.54) is 0 Å². The number of benzene rings is 1. The first-order valence-electron chi connectivity index (χ1n) is 7.07. The van der Waals surface area contributed by atoms with Crippen LogP contribution in [0.15, 0.2) is 18.2 Å². The molecule has 1 saturated heterocycles. The van der Waals surface area contributed by atoms with E-state index in [9.17, 15) is 4.79 Å². The molecule has 0 saturated carbocycles. The van der Waals surface area contributed by atoms with E-state index in [1.807, 2.05) is 23.1 Å². The first-order valence-corrected chi connectivity index (χ1v) is 7.07. The van der Waals surface area contributed by atoms with Crippen LogP contribution in [-0.4, -0.2) is 31.1 Å². The van der Waals surface area contributed by atoms with Crippen molar-refractivity contribution in [3.8, 4) is 5.75 Å². The average molecular weight is 277 g/mol. The molecule has 1 heterocycles. The molecule has 0 radical (unpaired) electrons. The van der Waals surface area contributed by atoms with Crippen LogP contribution in [0.3, 0.4) is 0 Å². The molecule has 5 nitrogen and oxygen atoms in total. The predicted molar refractivity (Wildman–Crippen MR) is 79.9 cm³/mol. The fraction of sp³-hybridized carbons (Fsp3) is 0.533. The van der Waals surface area contributed by atoms with Crippen LogP contribution in [0.1, 0.15) is 25.3 Å². The van der Waals surface area contributed by atoms with Crippen LogP contribution in [0, 0.1) is 5.92 Å². The zero-order valence-corrected chi connectivity index (χ0v) is 12.2. The fourth-order valence-corrected chi connectivity index (χ4v) is 2.46. The molecular formula is C15H23N3O2. The molecule has 0 unspecified atom stereocenters. The number of carbonyl (C=O) groups is 1. The van der Waals surface area contributed by atoms with Crippen LogP contribution in [0.4, 0.5) is 10.5 Å². The first kappa shape index (κ1) is 14.7. The molecule has 1 aliphatic rings. The Morgan fingerprint density at radius 3 is 2.75 bits per heavy atom. The Labute approximate surface area is 120 Å². The van der Waals surface area contributed by atoms with Gasteiger partial charge in [0.25, 0.3) is 0 Å². The highest BCUT2D eigenvalue weighted by Crippen LogP contribution is 2.28. The number of ether oxygens (including phenoxy) is 1. The van der Waals surface area contributed by atoms with E-state index in [2.05, 4.69) is 12.2 Å². The number of amides is 2. The number of anilines is 1. The molecule has 0 atom stereocenters. The number of para-hydroxylation sites is 1. The average Bonchev–Trinajstić information content (AvgIpc) is 2.48. The van der Waals surface area contributed by atoms with Gasteiger partial charge in [-0.3, -0.25) is 0 Å². The second-order valence-corrected chi connectivity index (χ2v) is 5.30. The van der Waals surface area contributed by atoms with Gasteiger partial charge in [-0.1, -0.05) is 19.1 Å². The lowest BCUT2D eigenvalue weighted by atomic mass is 10.00. The van der Waals surface area contributed by atoms with Crippen molar-refractivity contribution in [1.82, 2.24) is 4.90 Å². The third-order valence-corrected chi connectivity index (χ3v) is 3.86. The first-order chi connectivity index (χ1) is 9.65. The molecule has 0 aliphatic carbocycles. The lowest BCUT2D eigenvalue weighted by Crippen LogP contribution is -2.40. The van der Waals surface area contributed by atoms with Gasteiger partial charge in [-0.25, -0.2) is 4.79 Å². The summed E-state index contributed by atoms with van der Waals surface area (Å²) in [5.74, 6) is 1.34. The molecule has 110 valence electrons. The van der Waals surface area contributed by atoms with Crippen molar-refractivity contribution in [3.05, 3.63) is 23.8 Å². The van der Waals surface area contributed by atoms with Crippen molar-refractivity contribution in [2.24, 2.45) is 11.7 Å². The van der Waals surface area contributed by atoms with Gasteiger partial charge in [0.15, 0.2) is 0 Å². The number of urea groups is 1. The minimum atomic E-state index is -0.0731. The van der Waals surface area contributed by atoms with Crippen molar-refractivity contribution in [2.45, 2.75) is 26.3 Å².